The fourth-order valence-corrected chi connectivity index (χ4v) is 4.66. The van der Waals surface area contributed by atoms with Crippen molar-refractivity contribution in [1.82, 2.24) is 50.4 Å². The van der Waals surface area contributed by atoms with E-state index in [2.05, 4.69) is 40.9 Å². The van der Waals surface area contributed by atoms with Crippen molar-refractivity contribution >= 4 is 18.7 Å². The van der Waals surface area contributed by atoms with Crippen LogP contribution < -0.4 is 10.1 Å². The lowest BCUT2D eigenvalue weighted by atomic mass is 9.88. The molecule has 2 saturated heterocycles. The van der Waals surface area contributed by atoms with Gasteiger partial charge in [0.15, 0.2) is 5.82 Å². The molecule has 12 nitrogen and oxygen atoms in total. The molecule has 1 N–H and O–H groups in total. The van der Waals surface area contributed by atoms with Crippen molar-refractivity contribution in [2.24, 2.45) is 5.92 Å². The number of aromatic nitrogens is 8. The predicted molar refractivity (Wildman–Crippen MR) is 124 cm³/mol. The summed E-state index contributed by atoms with van der Waals surface area (Å²) in [7, 11) is 0. The molecule has 3 aromatic rings. The van der Waals surface area contributed by atoms with Crippen molar-refractivity contribution in [3.05, 3.63) is 36.5 Å². The fraction of sp³-hybridized carbons (Fsp3) is 0.571. The highest BCUT2D eigenvalue weighted by molar-refractivity contribution is 5.85. The first-order chi connectivity index (χ1) is 16.3. The number of tetrazole rings is 1. The maximum absolute atomic E-state index is 11.8. The number of hydrogen-bond donors (Lipinski definition) is 1. The highest BCUT2D eigenvalue weighted by atomic mass is 35.5. The minimum atomic E-state index is 0. The Labute approximate surface area is 203 Å². The summed E-state index contributed by atoms with van der Waals surface area (Å²) in [5.41, 5.74) is 0.766. The number of piperidine rings is 2. The molecule has 182 valence electrons. The Morgan fingerprint density at radius 1 is 1.15 bits per heavy atom. The average molecular weight is 489 g/mol. The lowest BCUT2D eigenvalue weighted by Gasteiger charge is -2.39. The van der Waals surface area contributed by atoms with E-state index in [9.17, 15) is 4.79 Å². The number of carbonyl (C=O) groups excluding carboxylic acids is 1. The molecular weight excluding hydrogens is 460 g/mol. The molecule has 34 heavy (non-hydrogen) atoms. The van der Waals surface area contributed by atoms with E-state index in [4.69, 9.17) is 4.74 Å². The van der Waals surface area contributed by atoms with Gasteiger partial charge in [-0.15, -0.1) is 17.5 Å². The second-order valence-electron chi connectivity index (χ2n) is 8.53. The molecule has 5 heterocycles. The van der Waals surface area contributed by atoms with Crippen LogP contribution in [0.25, 0.3) is 5.82 Å². The molecule has 2 fully saturated rings. The van der Waals surface area contributed by atoms with Crippen LogP contribution in [0.3, 0.4) is 0 Å². The highest BCUT2D eigenvalue weighted by Crippen LogP contribution is 2.27. The number of nitrogens with one attached hydrogen (secondary N) is 1. The third kappa shape index (κ3) is 5.57. The van der Waals surface area contributed by atoms with Gasteiger partial charge in [-0.05, 0) is 67.3 Å². The van der Waals surface area contributed by atoms with Crippen LogP contribution in [-0.4, -0.2) is 83.6 Å². The molecule has 0 amide bonds. The Balaban J connectivity index is 0.00000274. The Morgan fingerprint density at radius 3 is 2.65 bits per heavy atom. The van der Waals surface area contributed by atoms with Gasteiger partial charge in [0.05, 0.1) is 24.5 Å². The van der Waals surface area contributed by atoms with Crippen molar-refractivity contribution in [1.29, 1.82) is 0 Å². The Bertz CT molecular complexity index is 1010. The molecule has 5 rings (SSSR count). The zero-order valence-electron chi connectivity index (χ0n) is 18.8. The molecule has 0 aromatic carbocycles. The van der Waals surface area contributed by atoms with Gasteiger partial charge in [0, 0.05) is 13.1 Å². The van der Waals surface area contributed by atoms with E-state index in [1.165, 1.54) is 11.0 Å². The maximum Gasteiger partial charge on any atom is 0.157 e. The van der Waals surface area contributed by atoms with Crippen LogP contribution >= 0.6 is 12.4 Å². The van der Waals surface area contributed by atoms with Gasteiger partial charge in [0.1, 0.15) is 30.7 Å². The molecule has 3 aromatic heterocycles. The van der Waals surface area contributed by atoms with Crippen LogP contribution in [0.4, 0.5) is 0 Å². The van der Waals surface area contributed by atoms with Gasteiger partial charge in [0.2, 0.25) is 0 Å². The second kappa shape index (κ2) is 11.4. The lowest BCUT2D eigenvalue weighted by molar-refractivity contribution is -0.115. The average Bonchev–Trinajstić information content (AvgIpc) is 3.58. The second-order valence-corrected chi connectivity index (χ2v) is 8.53. The third-order valence-electron chi connectivity index (χ3n) is 6.50. The van der Waals surface area contributed by atoms with Crippen molar-refractivity contribution in [3.8, 4) is 11.6 Å². The smallest absolute Gasteiger partial charge is 0.157 e. The monoisotopic (exact) mass is 488 g/mol. The molecule has 0 bridgehead atoms. The predicted octanol–water partition coefficient (Wildman–Crippen LogP) is 0.854. The van der Waals surface area contributed by atoms with Crippen LogP contribution in [0.5, 0.6) is 5.75 Å². The third-order valence-corrected chi connectivity index (χ3v) is 6.50. The number of carbonyl (C=O) groups is 1. The molecule has 0 spiro atoms. The van der Waals surface area contributed by atoms with Crippen LogP contribution in [0, 0.1) is 5.92 Å². The van der Waals surface area contributed by atoms with Gasteiger partial charge in [-0.2, -0.15) is 19.7 Å². The van der Waals surface area contributed by atoms with E-state index >= 15 is 0 Å². The quantitative estimate of drug-likeness (QED) is 0.455. The summed E-state index contributed by atoms with van der Waals surface area (Å²) in [6.07, 6.45) is 10.0. The molecular formula is C21H29ClN10O2. The standard InChI is InChI=1S/C21H28N10O2.ClH/c32-13-20(16-3-7-22-8-4-16)29-9-5-18(6-10-29)31-25-11-17(26-31)14-33-19-1-2-21(23-12-19)30-15-24-27-28-30;/h1-2,11-13,15-16,18,20,22H,3-10,14H2;1H. The van der Waals surface area contributed by atoms with Crippen LogP contribution in [-0.2, 0) is 11.4 Å². The first-order valence-electron chi connectivity index (χ1n) is 11.4. The van der Waals surface area contributed by atoms with Gasteiger partial charge >= 0.3 is 0 Å². The van der Waals surface area contributed by atoms with E-state index in [-0.39, 0.29) is 24.5 Å². The molecule has 1 atom stereocenters. The summed E-state index contributed by atoms with van der Waals surface area (Å²) in [5, 5.41) is 23.5. The Hall–Kier alpha value is -2.96. The highest BCUT2D eigenvalue weighted by Gasteiger charge is 2.32. The summed E-state index contributed by atoms with van der Waals surface area (Å²) in [4.78, 5) is 20.2. The molecule has 2 aliphatic heterocycles. The number of aldehydes is 1. The van der Waals surface area contributed by atoms with Gasteiger partial charge in [-0.1, -0.05) is 0 Å². The van der Waals surface area contributed by atoms with Crippen LogP contribution in [0.1, 0.15) is 37.4 Å². The number of ether oxygens (including phenoxy) is 1. The normalized spacial score (nSPS) is 18.8. The minimum absolute atomic E-state index is 0. The summed E-state index contributed by atoms with van der Waals surface area (Å²) >= 11 is 0. The molecule has 0 aliphatic carbocycles. The Morgan fingerprint density at radius 2 is 1.97 bits per heavy atom. The zero-order chi connectivity index (χ0) is 22.5. The Kier molecular flexibility index (Phi) is 8.14. The summed E-state index contributed by atoms with van der Waals surface area (Å²) < 4.78 is 7.28. The largest absolute Gasteiger partial charge is 0.486 e. The fourth-order valence-electron chi connectivity index (χ4n) is 4.66. The van der Waals surface area contributed by atoms with E-state index in [1.807, 2.05) is 6.07 Å². The minimum Gasteiger partial charge on any atom is -0.486 e. The van der Waals surface area contributed by atoms with Gasteiger partial charge in [0.25, 0.3) is 0 Å². The first kappa shape index (κ1) is 24.2. The number of halogens is 1. The molecule has 1 unspecified atom stereocenters. The van der Waals surface area contributed by atoms with Crippen molar-refractivity contribution < 1.29 is 9.53 Å². The van der Waals surface area contributed by atoms with Crippen molar-refractivity contribution in [2.45, 2.75) is 44.4 Å². The number of pyridine rings is 1. The number of likely N-dealkylation sites (tertiary alicyclic amines) is 1. The topological polar surface area (TPSA) is 129 Å². The van der Waals surface area contributed by atoms with Gasteiger partial charge < -0.3 is 14.8 Å². The van der Waals surface area contributed by atoms with Crippen LogP contribution in [0.2, 0.25) is 0 Å². The van der Waals surface area contributed by atoms with Crippen molar-refractivity contribution in [3.63, 3.8) is 0 Å². The zero-order valence-corrected chi connectivity index (χ0v) is 19.6. The van der Waals surface area contributed by atoms with Crippen molar-refractivity contribution in [2.75, 3.05) is 26.2 Å². The van der Waals surface area contributed by atoms with Gasteiger partial charge in [-0.3, -0.25) is 4.90 Å². The van der Waals surface area contributed by atoms with E-state index < -0.39 is 0 Å². The molecule has 0 radical (unpaired) electrons. The van der Waals surface area contributed by atoms with E-state index in [0.29, 0.717) is 24.1 Å². The SMILES string of the molecule is Cl.O=CC(C1CCNCC1)N1CCC(n2ncc(COc3ccc(-n4cnnn4)nc3)n2)CC1. The lowest BCUT2D eigenvalue weighted by Crippen LogP contribution is -2.49. The first-order valence-corrected chi connectivity index (χ1v) is 11.4. The van der Waals surface area contributed by atoms with Crippen LogP contribution in [0.15, 0.2) is 30.9 Å². The maximum atomic E-state index is 11.8. The number of rotatable bonds is 8. The number of nitrogens with zero attached hydrogens (tertiary/aromatic N) is 9. The number of hydrogen-bond acceptors (Lipinski definition) is 10. The molecule has 13 heteroatoms. The molecule has 2 aliphatic rings. The summed E-state index contributed by atoms with van der Waals surface area (Å²) in [6.45, 7) is 4.11. The van der Waals surface area contributed by atoms with E-state index in [1.54, 1.807) is 23.3 Å². The summed E-state index contributed by atoms with van der Waals surface area (Å²) in [6, 6.07) is 3.87. The summed E-state index contributed by atoms with van der Waals surface area (Å²) in [5.74, 6) is 1.71. The van der Waals surface area contributed by atoms with E-state index in [0.717, 1.165) is 63.8 Å². The van der Waals surface area contributed by atoms with Gasteiger partial charge in [-0.25, -0.2) is 4.98 Å². The molecule has 0 saturated carbocycles.